The van der Waals surface area contributed by atoms with Gasteiger partial charge in [-0.05, 0) is 49.6 Å². The molecular weight excluding hydrogens is 308 g/mol. The number of rotatable bonds is 4. The Bertz CT molecular complexity index is 874. The summed E-state index contributed by atoms with van der Waals surface area (Å²) in [6.45, 7) is 1.98. The van der Waals surface area contributed by atoms with Crippen molar-refractivity contribution in [3.05, 3.63) is 53.1 Å². The quantitative estimate of drug-likeness (QED) is 0.716. The Kier molecular flexibility index (Phi) is 3.54. The second-order valence-corrected chi connectivity index (χ2v) is 6.28. The molecule has 0 amide bonds. The molecule has 23 heavy (non-hydrogen) atoms. The molecule has 1 fully saturated rings. The van der Waals surface area contributed by atoms with Gasteiger partial charge in [-0.1, -0.05) is 29.8 Å². The molecule has 0 unspecified atom stereocenters. The first-order valence-corrected chi connectivity index (χ1v) is 8.14. The lowest BCUT2D eigenvalue weighted by molar-refractivity contribution is 1.10. The van der Waals surface area contributed by atoms with Crippen LogP contribution in [0.3, 0.4) is 0 Å². The zero-order valence-corrected chi connectivity index (χ0v) is 13.6. The van der Waals surface area contributed by atoms with E-state index in [0.717, 1.165) is 33.0 Å². The lowest BCUT2D eigenvalue weighted by Gasteiger charge is -2.13. The van der Waals surface area contributed by atoms with Crippen LogP contribution in [0.4, 0.5) is 17.5 Å². The molecule has 0 spiro atoms. The summed E-state index contributed by atoms with van der Waals surface area (Å²) in [5.74, 6) is 1.47. The summed E-state index contributed by atoms with van der Waals surface area (Å²) < 4.78 is 0. The van der Waals surface area contributed by atoms with E-state index in [-0.39, 0.29) is 0 Å². The maximum absolute atomic E-state index is 6.19. The number of fused-ring (bicyclic) bond motifs is 1. The van der Waals surface area contributed by atoms with Crippen LogP contribution in [0, 0.1) is 6.92 Å². The van der Waals surface area contributed by atoms with Crippen molar-refractivity contribution in [3.8, 4) is 0 Å². The zero-order valence-electron chi connectivity index (χ0n) is 12.8. The first-order valence-electron chi connectivity index (χ1n) is 7.76. The molecule has 0 radical (unpaired) electrons. The second-order valence-electron chi connectivity index (χ2n) is 5.87. The molecule has 3 aromatic rings. The van der Waals surface area contributed by atoms with Crippen LogP contribution in [0.5, 0.6) is 0 Å². The first kappa shape index (κ1) is 14.3. The van der Waals surface area contributed by atoms with E-state index in [4.69, 9.17) is 11.6 Å². The molecule has 5 heteroatoms. The Morgan fingerprint density at radius 3 is 2.70 bits per heavy atom. The van der Waals surface area contributed by atoms with E-state index in [2.05, 4.69) is 26.7 Å². The molecule has 4 rings (SSSR count). The number of para-hydroxylation sites is 1. The van der Waals surface area contributed by atoms with E-state index < -0.39 is 0 Å². The van der Waals surface area contributed by atoms with E-state index in [1.807, 2.05) is 43.3 Å². The fourth-order valence-electron chi connectivity index (χ4n) is 2.53. The number of halogens is 1. The van der Waals surface area contributed by atoms with Gasteiger partial charge in [-0.2, -0.15) is 4.98 Å². The van der Waals surface area contributed by atoms with Crippen molar-refractivity contribution in [2.24, 2.45) is 0 Å². The van der Waals surface area contributed by atoms with Crippen LogP contribution in [0.1, 0.15) is 18.4 Å². The topological polar surface area (TPSA) is 49.8 Å². The van der Waals surface area contributed by atoms with Crippen LogP contribution in [-0.2, 0) is 0 Å². The van der Waals surface area contributed by atoms with Gasteiger partial charge in [0.05, 0.1) is 5.52 Å². The van der Waals surface area contributed by atoms with Gasteiger partial charge in [0, 0.05) is 22.1 Å². The molecule has 0 atom stereocenters. The van der Waals surface area contributed by atoms with Gasteiger partial charge in [0.25, 0.3) is 0 Å². The third-order valence-electron chi connectivity index (χ3n) is 4.04. The summed E-state index contributed by atoms with van der Waals surface area (Å²) in [5, 5.41) is 8.56. The van der Waals surface area contributed by atoms with Crippen molar-refractivity contribution in [1.29, 1.82) is 0 Å². The van der Waals surface area contributed by atoms with Crippen molar-refractivity contribution >= 4 is 40.0 Å². The lowest BCUT2D eigenvalue weighted by Crippen LogP contribution is -2.07. The van der Waals surface area contributed by atoms with Gasteiger partial charge in [0.15, 0.2) is 0 Å². The highest BCUT2D eigenvalue weighted by atomic mass is 35.5. The third kappa shape index (κ3) is 2.94. The summed E-state index contributed by atoms with van der Waals surface area (Å²) >= 11 is 6.19. The molecule has 1 aromatic heterocycles. The highest BCUT2D eigenvalue weighted by Gasteiger charge is 2.22. The van der Waals surface area contributed by atoms with E-state index in [1.54, 1.807) is 0 Å². The second kappa shape index (κ2) is 5.70. The molecular formula is C18H17ClN4. The van der Waals surface area contributed by atoms with Gasteiger partial charge < -0.3 is 10.6 Å². The number of hydrogen-bond donors (Lipinski definition) is 2. The van der Waals surface area contributed by atoms with E-state index in [1.165, 1.54) is 12.8 Å². The normalized spacial score (nSPS) is 14.0. The van der Waals surface area contributed by atoms with Crippen molar-refractivity contribution < 1.29 is 0 Å². The fraction of sp³-hybridized carbons (Fsp3) is 0.222. The van der Waals surface area contributed by atoms with Crippen molar-refractivity contribution in [3.63, 3.8) is 0 Å². The minimum Gasteiger partial charge on any atom is -0.367 e. The Balaban J connectivity index is 1.75. The predicted octanol–water partition coefficient (Wildman–Crippen LogP) is 4.91. The summed E-state index contributed by atoms with van der Waals surface area (Å²) in [6.07, 6.45) is 2.41. The molecule has 0 bridgehead atoms. The minimum atomic E-state index is 0.536. The largest absolute Gasteiger partial charge is 0.367 e. The standard InChI is InChI=1S/C18H17ClN4/c1-11-14(19)6-4-8-15(11)21-18-22-16-7-3-2-5-13(16)17(23-18)20-12-9-10-12/h2-8,12H,9-10H2,1H3,(H2,20,21,22,23). The number of hydrogen-bond acceptors (Lipinski definition) is 4. The Hall–Kier alpha value is -2.33. The SMILES string of the molecule is Cc1c(Cl)cccc1Nc1nc(NC2CC2)c2ccccc2n1. The van der Waals surface area contributed by atoms with Crippen LogP contribution in [0.25, 0.3) is 10.9 Å². The van der Waals surface area contributed by atoms with Crippen LogP contribution >= 0.6 is 11.6 Å². The number of nitrogens with one attached hydrogen (secondary N) is 2. The molecule has 1 heterocycles. The van der Waals surface area contributed by atoms with Crippen molar-refractivity contribution in [2.45, 2.75) is 25.8 Å². The predicted molar refractivity (Wildman–Crippen MR) is 95.7 cm³/mol. The van der Waals surface area contributed by atoms with Gasteiger partial charge in [0.1, 0.15) is 5.82 Å². The van der Waals surface area contributed by atoms with E-state index >= 15 is 0 Å². The molecule has 4 nitrogen and oxygen atoms in total. The molecule has 1 aliphatic rings. The molecule has 1 saturated carbocycles. The third-order valence-corrected chi connectivity index (χ3v) is 4.45. The first-order chi connectivity index (χ1) is 11.2. The summed E-state index contributed by atoms with van der Waals surface area (Å²) in [6, 6.07) is 14.4. The number of nitrogens with zero attached hydrogens (tertiary/aromatic N) is 2. The molecule has 2 N–H and O–H groups in total. The summed E-state index contributed by atoms with van der Waals surface area (Å²) in [4.78, 5) is 9.30. The Morgan fingerprint density at radius 2 is 1.87 bits per heavy atom. The van der Waals surface area contributed by atoms with Gasteiger partial charge in [-0.3, -0.25) is 0 Å². The van der Waals surface area contributed by atoms with E-state index in [9.17, 15) is 0 Å². The number of anilines is 3. The highest BCUT2D eigenvalue weighted by Crippen LogP contribution is 2.30. The van der Waals surface area contributed by atoms with Crippen LogP contribution in [0.2, 0.25) is 5.02 Å². The molecule has 0 aliphatic heterocycles. The monoisotopic (exact) mass is 324 g/mol. The lowest BCUT2D eigenvalue weighted by atomic mass is 10.2. The fourth-order valence-corrected chi connectivity index (χ4v) is 2.70. The zero-order chi connectivity index (χ0) is 15.8. The van der Waals surface area contributed by atoms with Crippen molar-refractivity contribution in [1.82, 2.24) is 9.97 Å². The minimum absolute atomic E-state index is 0.536. The summed E-state index contributed by atoms with van der Waals surface area (Å²) in [5.41, 5.74) is 2.83. The van der Waals surface area contributed by atoms with Gasteiger partial charge in [-0.25, -0.2) is 4.98 Å². The number of benzene rings is 2. The van der Waals surface area contributed by atoms with Crippen LogP contribution in [0.15, 0.2) is 42.5 Å². The Labute approximate surface area is 139 Å². The molecule has 0 saturated heterocycles. The summed E-state index contributed by atoms with van der Waals surface area (Å²) in [7, 11) is 0. The van der Waals surface area contributed by atoms with Gasteiger partial charge in [-0.15, -0.1) is 0 Å². The molecule has 2 aromatic carbocycles. The number of aromatic nitrogens is 2. The average Bonchev–Trinajstić information content (AvgIpc) is 3.36. The maximum Gasteiger partial charge on any atom is 0.229 e. The molecule has 1 aliphatic carbocycles. The van der Waals surface area contributed by atoms with Crippen LogP contribution < -0.4 is 10.6 Å². The average molecular weight is 325 g/mol. The van der Waals surface area contributed by atoms with Gasteiger partial charge >= 0.3 is 0 Å². The Morgan fingerprint density at radius 1 is 1.04 bits per heavy atom. The van der Waals surface area contributed by atoms with Crippen LogP contribution in [-0.4, -0.2) is 16.0 Å². The van der Waals surface area contributed by atoms with Crippen molar-refractivity contribution in [2.75, 3.05) is 10.6 Å². The van der Waals surface area contributed by atoms with E-state index in [0.29, 0.717) is 12.0 Å². The molecule has 116 valence electrons. The van der Waals surface area contributed by atoms with Gasteiger partial charge in [0.2, 0.25) is 5.95 Å². The highest BCUT2D eigenvalue weighted by molar-refractivity contribution is 6.31. The smallest absolute Gasteiger partial charge is 0.229 e. The maximum atomic E-state index is 6.19.